The van der Waals surface area contributed by atoms with Crippen molar-refractivity contribution in [2.24, 2.45) is 0 Å². The van der Waals surface area contributed by atoms with Gasteiger partial charge in [0.15, 0.2) is 11.9 Å². The van der Waals surface area contributed by atoms with Gasteiger partial charge in [0.2, 0.25) is 0 Å². The molecule has 25 heavy (non-hydrogen) atoms. The Bertz CT molecular complexity index is 807. The smallest absolute Gasteiger partial charge is 0.338 e. The lowest BCUT2D eigenvalue weighted by atomic mass is 10.0. The molecule has 0 spiro atoms. The predicted molar refractivity (Wildman–Crippen MR) is 91.2 cm³/mol. The van der Waals surface area contributed by atoms with Crippen LogP contribution in [0.2, 0.25) is 0 Å². The van der Waals surface area contributed by atoms with E-state index in [2.05, 4.69) is 0 Å². The molecule has 0 bridgehead atoms. The van der Waals surface area contributed by atoms with E-state index in [-0.39, 0.29) is 11.8 Å². The molecule has 0 aliphatic heterocycles. The summed E-state index contributed by atoms with van der Waals surface area (Å²) in [6.07, 6.45) is 1.24. The van der Waals surface area contributed by atoms with Crippen LogP contribution in [0.3, 0.4) is 0 Å². The van der Waals surface area contributed by atoms with Gasteiger partial charge in [-0.15, -0.1) is 0 Å². The Balaban J connectivity index is 1.75. The van der Waals surface area contributed by atoms with Crippen molar-refractivity contribution in [1.29, 1.82) is 0 Å². The molecule has 5 nitrogen and oxygen atoms in total. The van der Waals surface area contributed by atoms with Crippen molar-refractivity contribution in [3.63, 3.8) is 0 Å². The third-order valence-corrected chi connectivity index (χ3v) is 4.05. The standard InChI is InChI=1S/C20H18O5/c1-13(21)24-17-10-8-14(9-11-17)15-4-2-5-16(12-15)20(23)25-19-7-3-6-18(19)22/h2,4-5,8-12,19H,3,6-7H2,1H3. The molecule has 1 saturated carbocycles. The first-order chi connectivity index (χ1) is 12.0. The zero-order valence-corrected chi connectivity index (χ0v) is 13.9. The van der Waals surface area contributed by atoms with E-state index in [1.807, 2.05) is 18.2 Å². The molecule has 5 heteroatoms. The molecule has 0 radical (unpaired) electrons. The monoisotopic (exact) mass is 338 g/mol. The van der Waals surface area contributed by atoms with Gasteiger partial charge in [-0.3, -0.25) is 9.59 Å². The molecule has 1 fully saturated rings. The number of esters is 2. The van der Waals surface area contributed by atoms with Crippen LogP contribution in [-0.4, -0.2) is 23.8 Å². The number of rotatable bonds is 4. The molecule has 0 N–H and O–H groups in total. The highest BCUT2D eigenvalue weighted by Gasteiger charge is 2.28. The van der Waals surface area contributed by atoms with Gasteiger partial charge in [0.25, 0.3) is 0 Å². The zero-order valence-electron chi connectivity index (χ0n) is 13.9. The molecule has 0 aromatic heterocycles. The molecule has 0 amide bonds. The van der Waals surface area contributed by atoms with Crippen LogP contribution in [0, 0.1) is 0 Å². The summed E-state index contributed by atoms with van der Waals surface area (Å²) in [5.74, 6) is -0.408. The van der Waals surface area contributed by atoms with Crippen LogP contribution in [0.25, 0.3) is 11.1 Å². The number of Topliss-reactive ketones (excluding diaryl/α,β-unsaturated/α-hetero) is 1. The van der Waals surface area contributed by atoms with Crippen LogP contribution in [0.5, 0.6) is 5.75 Å². The normalized spacial score (nSPS) is 16.5. The Kier molecular flexibility index (Phi) is 4.93. The fourth-order valence-electron chi connectivity index (χ4n) is 2.81. The Morgan fingerprint density at radius 2 is 1.80 bits per heavy atom. The van der Waals surface area contributed by atoms with Crippen LogP contribution in [0.4, 0.5) is 0 Å². The summed E-state index contributed by atoms with van der Waals surface area (Å²) in [6, 6.07) is 14.0. The summed E-state index contributed by atoms with van der Waals surface area (Å²) in [5.41, 5.74) is 2.12. The molecule has 2 aromatic rings. The van der Waals surface area contributed by atoms with Crippen LogP contribution < -0.4 is 4.74 Å². The number of hydrogen-bond donors (Lipinski definition) is 0. The molecule has 1 aliphatic carbocycles. The Labute approximate surface area is 145 Å². The number of hydrogen-bond acceptors (Lipinski definition) is 5. The van der Waals surface area contributed by atoms with Crippen LogP contribution in [0.1, 0.15) is 36.5 Å². The number of ketones is 1. The van der Waals surface area contributed by atoms with Crippen molar-refractivity contribution in [2.75, 3.05) is 0 Å². The third-order valence-electron chi connectivity index (χ3n) is 4.05. The lowest BCUT2D eigenvalue weighted by Gasteiger charge is -2.11. The second kappa shape index (κ2) is 7.30. The number of carbonyl (C=O) groups excluding carboxylic acids is 3. The molecule has 1 aliphatic rings. The van der Waals surface area contributed by atoms with E-state index in [9.17, 15) is 14.4 Å². The summed E-state index contributed by atoms with van der Waals surface area (Å²) in [7, 11) is 0. The van der Waals surface area contributed by atoms with Gasteiger partial charge in [0.05, 0.1) is 5.56 Å². The van der Waals surface area contributed by atoms with Crippen molar-refractivity contribution >= 4 is 17.7 Å². The second-order valence-corrected chi connectivity index (χ2v) is 5.95. The van der Waals surface area contributed by atoms with E-state index in [0.29, 0.717) is 24.2 Å². The van der Waals surface area contributed by atoms with Gasteiger partial charge in [-0.05, 0) is 48.2 Å². The van der Waals surface area contributed by atoms with Crippen LogP contribution >= 0.6 is 0 Å². The SMILES string of the molecule is CC(=O)Oc1ccc(-c2cccc(C(=O)OC3CCCC3=O)c2)cc1. The van der Waals surface area contributed by atoms with E-state index in [0.717, 1.165) is 17.5 Å². The summed E-state index contributed by atoms with van der Waals surface area (Å²) >= 11 is 0. The Morgan fingerprint density at radius 1 is 1.04 bits per heavy atom. The maximum atomic E-state index is 12.3. The quantitative estimate of drug-likeness (QED) is 0.630. The predicted octanol–water partition coefficient (Wildman–Crippen LogP) is 3.56. The van der Waals surface area contributed by atoms with E-state index < -0.39 is 12.1 Å². The van der Waals surface area contributed by atoms with Gasteiger partial charge in [-0.2, -0.15) is 0 Å². The number of carbonyl (C=O) groups is 3. The largest absolute Gasteiger partial charge is 0.451 e. The molecule has 2 aromatic carbocycles. The molecule has 1 unspecified atom stereocenters. The molecular formula is C20H18O5. The van der Waals surface area contributed by atoms with Crippen LogP contribution in [-0.2, 0) is 14.3 Å². The molecule has 1 atom stereocenters. The van der Waals surface area contributed by atoms with Gasteiger partial charge in [0, 0.05) is 13.3 Å². The van der Waals surface area contributed by atoms with E-state index in [1.165, 1.54) is 6.92 Å². The molecule has 128 valence electrons. The van der Waals surface area contributed by atoms with Gasteiger partial charge < -0.3 is 9.47 Å². The number of benzene rings is 2. The molecule has 3 rings (SSSR count). The average Bonchev–Trinajstić information content (AvgIpc) is 3.00. The molecular weight excluding hydrogens is 320 g/mol. The minimum Gasteiger partial charge on any atom is -0.451 e. The number of ether oxygens (including phenoxy) is 2. The van der Waals surface area contributed by atoms with Crippen molar-refractivity contribution in [1.82, 2.24) is 0 Å². The summed E-state index contributed by atoms with van der Waals surface area (Å²) in [5, 5.41) is 0. The van der Waals surface area contributed by atoms with Gasteiger partial charge in [-0.25, -0.2) is 4.79 Å². The first kappa shape index (κ1) is 16.9. The van der Waals surface area contributed by atoms with E-state index in [1.54, 1.807) is 30.3 Å². The first-order valence-electron chi connectivity index (χ1n) is 8.15. The maximum Gasteiger partial charge on any atom is 0.338 e. The first-order valence-corrected chi connectivity index (χ1v) is 8.15. The minimum atomic E-state index is -0.612. The highest BCUT2D eigenvalue weighted by Crippen LogP contribution is 2.25. The topological polar surface area (TPSA) is 69.7 Å². The highest BCUT2D eigenvalue weighted by molar-refractivity contribution is 5.94. The third kappa shape index (κ3) is 4.12. The molecule has 0 heterocycles. The zero-order chi connectivity index (χ0) is 17.8. The summed E-state index contributed by atoms with van der Waals surface area (Å²) in [6.45, 7) is 1.35. The maximum absolute atomic E-state index is 12.3. The van der Waals surface area contributed by atoms with Crippen LogP contribution in [0.15, 0.2) is 48.5 Å². The lowest BCUT2D eigenvalue weighted by Crippen LogP contribution is -2.21. The average molecular weight is 338 g/mol. The van der Waals surface area contributed by atoms with Crippen molar-refractivity contribution in [2.45, 2.75) is 32.3 Å². The lowest BCUT2D eigenvalue weighted by molar-refractivity contribution is -0.131. The summed E-state index contributed by atoms with van der Waals surface area (Å²) in [4.78, 5) is 34.9. The van der Waals surface area contributed by atoms with Gasteiger partial charge in [-0.1, -0.05) is 24.3 Å². The van der Waals surface area contributed by atoms with Gasteiger partial charge in [0.1, 0.15) is 5.75 Å². The fourth-order valence-corrected chi connectivity index (χ4v) is 2.81. The van der Waals surface area contributed by atoms with E-state index >= 15 is 0 Å². The van der Waals surface area contributed by atoms with Crippen molar-refractivity contribution in [3.05, 3.63) is 54.1 Å². The van der Waals surface area contributed by atoms with Crippen molar-refractivity contribution < 1.29 is 23.9 Å². The second-order valence-electron chi connectivity index (χ2n) is 5.95. The Morgan fingerprint density at radius 3 is 2.44 bits per heavy atom. The Hall–Kier alpha value is -2.95. The molecule has 0 saturated heterocycles. The summed E-state index contributed by atoms with van der Waals surface area (Å²) < 4.78 is 10.3. The minimum absolute atomic E-state index is 0.00874. The van der Waals surface area contributed by atoms with Crippen molar-refractivity contribution in [3.8, 4) is 16.9 Å². The highest BCUT2D eigenvalue weighted by atomic mass is 16.5. The fraction of sp³-hybridized carbons (Fsp3) is 0.250. The van der Waals surface area contributed by atoms with E-state index in [4.69, 9.17) is 9.47 Å². The van der Waals surface area contributed by atoms with Gasteiger partial charge >= 0.3 is 11.9 Å².